The first-order valence-corrected chi connectivity index (χ1v) is 9.92. The van der Waals surface area contributed by atoms with E-state index in [4.69, 9.17) is 4.74 Å². The second-order valence-corrected chi connectivity index (χ2v) is 6.76. The molecule has 9 nitrogen and oxygen atoms in total. The maximum Gasteiger partial charge on any atom is 0.326 e. The molecule has 0 atom stereocenters. The summed E-state index contributed by atoms with van der Waals surface area (Å²) in [6, 6.07) is 14.2. The van der Waals surface area contributed by atoms with Crippen LogP contribution in [0.15, 0.2) is 63.6 Å². The van der Waals surface area contributed by atoms with Crippen molar-refractivity contribution in [3.63, 3.8) is 0 Å². The fourth-order valence-electron chi connectivity index (χ4n) is 3.48. The number of fused-ring (bicyclic) bond motifs is 2. The molecule has 0 unspecified atom stereocenters. The first-order valence-electron chi connectivity index (χ1n) is 9.92. The number of rotatable bonds is 6. The van der Waals surface area contributed by atoms with Crippen molar-refractivity contribution in [3.8, 4) is 5.88 Å². The van der Waals surface area contributed by atoms with E-state index < -0.39 is 5.97 Å². The monoisotopic (exact) mass is 419 g/mol. The summed E-state index contributed by atoms with van der Waals surface area (Å²) >= 11 is 0. The number of hydrogen-bond donors (Lipinski definition) is 1. The number of benzene rings is 2. The third-order valence-electron chi connectivity index (χ3n) is 4.91. The van der Waals surface area contributed by atoms with Crippen molar-refractivity contribution in [2.75, 3.05) is 6.61 Å². The number of nitrogens with zero attached hydrogens (tertiary/aromatic N) is 5. The normalized spacial score (nSPS) is 11.5. The number of aromatic nitrogens is 3. The number of hydrogen-bond acceptors (Lipinski definition) is 7. The van der Waals surface area contributed by atoms with Crippen LogP contribution in [0.3, 0.4) is 0 Å². The number of carbonyl (C=O) groups excluding carboxylic acids is 1. The Morgan fingerprint density at radius 2 is 1.74 bits per heavy atom. The zero-order valence-electron chi connectivity index (χ0n) is 17.1. The molecule has 158 valence electrons. The predicted molar refractivity (Wildman–Crippen MR) is 116 cm³/mol. The van der Waals surface area contributed by atoms with Crippen LogP contribution >= 0.6 is 0 Å². The standard InChI is InChI=1S/C22H21N5O4/c1-3-26-20(29)14-9-5-7-11-16(14)23-22(26)25-24-19-15-10-6-8-12-17(15)27(21(19)30)13-18(28)31-4-2/h5-12,30H,3-4,13H2,1-2H3. The molecule has 9 heteroatoms. The lowest BCUT2D eigenvalue weighted by Crippen LogP contribution is -2.20. The Morgan fingerprint density at radius 1 is 1.03 bits per heavy atom. The van der Waals surface area contributed by atoms with E-state index in [-0.39, 0.29) is 36.2 Å². The molecule has 2 aromatic carbocycles. The summed E-state index contributed by atoms with van der Waals surface area (Å²) < 4.78 is 7.84. The molecular weight excluding hydrogens is 398 g/mol. The van der Waals surface area contributed by atoms with Gasteiger partial charge in [-0.1, -0.05) is 30.3 Å². The quantitative estimate of drug-likeness (QED) is 0.374. The Labute approximate surface area is 177 Å². The van der Waals surface area contributed by atoms with E-state index in [0.29, 0.717) is 28.4 Å². The van der Waals surface area contributed by atoms with Crippen LogP contribution in [0.1, 0.15) is 13.8 Å². The van der Waals surface area contributed by atoms with Crippen LogP contribution in [0.2, 0.25) is 0 Å². The average molecular weight is 419 g/mol. The highest BCUT2D eigenvalue weighted by atomic mass is 16.5. The van der Waals surface area contributed by atoms with E-state index in [0.717, 1.165) is 0 Å². The Morgan fingerprint density at radius 3 is 2.48 bits per heavy atom. The molecule has 0 saturated heterocycles. The Balaban J connectivity index is 1.83. The third kappa shape index (κ3) is 3.65. The molecule has 0 radical (unpaired) electrons. The van der Waals surface area contributed by atoms with Gasteiger partial charge in [-0.15, -0.1) is 10.2 Å². The van der Waals surface area contributed by atoms with Crippen LogP contribution in [0.25, 0.3) is 21.8 Å². The lowest BCUT2D eigenvalue weighted by atomic mass is 10.2. The number of ether oxygens (including phenoxy) is 1. The van der Waals surface area contributed by atoms with E-state index in [1.165, 1.54) is 9.13 Å². The maximum absolute atomic E-state index is 12.8. The van der Waals surface area contributed by atoms with E-state index in [9.17, 15) is 14.7 Å². The molecule has 0 fully saturated rings. The van der Waals surface area contributed by atoms with Gasteiger partial charge < -0.3 is 9.84 Å². The van der Waals surface area contributed by atoms with E-state index >= 15 is 0 Å². The molecule has 0 amide bonds. The van der Waals surface area contributed by atoms with Gasteiger partial charge in [-0.05, 0) is 32.0 Å². The van der Waals surface area contributed by atoms with Crippen molar-refractivity contribution in [2.45, 2.75) is 26.9 Å². The highest BCUT2D eigenvalue weighted by Crippen LogP contribution is 2.39. The minimum Gasteiger partial charge on any atom is -0.493 e. The smallest absolute Gasteiger partial charge is 0.326 e. The molecule has 2 aromatic heterocycles. The largest absolute Gasteiger partial charge is 0.493 e. The van der Waals surface area contributed by atoms with Crippen LogP contribution in [-0.4, -0.2) is 31.8 Å². The van der Waals surface area contributed by atoms with Crippen molar-refractivity contribution < 1.29 is 14.6 Å². The summed E-state index contributed by atoms with van der Waals surface area (Å²) in [4.78, 5) is 29.2. The van der Waals surface area contributed by atoms with Gasteiger partial charge in [0.2, 0.25) is 5.88 Å². The van der Waals surface area contributed by atoms with Crippen molar-refractivity contribution >= 4 is 39.4 Å². The number of azo groups is 1. The first kappa shape index (κ1) is 20.3. The lowest BCUT2D eigenvalue weighted by molar-refractivity contribution is -0.143. The highest BCUT2D eigenvalue weighted by molar-refractivity contribution is 5.95. The van der Waals surface area contributed by atoms with Crippen LogP contribution in [0, 0.1) is 0 Å². The molecule has 0 aliphatic heterocycles. The fraction of sp³-hybridized carbons (Fsp3) is 0.227. The summed E-state index contributed by atoms with van der Waals surface area (Å²) in [5.74, 6) is -0.560. The van der Waals surface area contributed by atoms with Gasteiger partial charge in [0, 0.05) is 11.9 Å². The van der Waals surface area contributed by atoms with Crippen molar-refractivity contribution in [1.82, 2.24) is 14.1 Å². The zero-order valence-corrected chi connectivity index (χ0v) is 17.1. The van der Waals surface area contributed by atoms with Crippen molar-refractivity contribution in [2.24, 2.45) is 10.2 Å². The molecule has 4 rings (SSSR count). The summed E-state index contributed by atoms with van der Waals surface area (Å²) in [7, 11) is 0. The summed E-state index contributed by atoms with van der Waals surface area (Å²) in [5.41, 5.74) is 1.10. The highest BCUT2D eigenvalue weighted by Gasteiger charge is 2.19. The van der Waals surface area contributed by atoms with Gasteiger partial charge in [-0.25, -0.2) is 4.98 Å². The number of para-hydroxylation sites is 2. The van der Waals surface area contributed by atoms with Gasteiger partial charge in [0.15, 0.2) is 5.69 Å². The van der Waals surface area contributed by atoms with Gasteiger partial charge in [-0.2, -0.15) is 0 Å². The topological polar surface area (TPSA) is 111 Å². The summed E-state index contributed by atoms with van der Waals surface area (Å²) in [5, 5.41) is 20.3. The van der Waals surface area contributed by atoms with E-state index in [1.54, 1.807) is 55.5 Å². The lowest BCUT2D eigenvalue weighted by Gasteiger charge is -2.07. The molecule has 4 aromatic rings. The predicted octanol–water partition coefficient (Wildman–Crippen LogP) is 4.06. The number of carbonyl (C=O) groups is 1. The SMILES string of the molecule is CCOC(=O)Cn1c(O)c(N=Nc2nc3ccccc3c(=O)n2CC)c2ccccc21. The minimum absolute atomic E-state index is 0.132. The van der Waals surface area contributed by atoms with Crippen LogP contribution in [0.4, 0.5) is 11.6 Å². The van der Waals surface area contributed by atoms with Gasteiger partial charge >= 0.3 is 5.97 Å². The molecule has 1 N–H and O–H groups in total. The molecule has 2 heterocycles. The summed E-state index contributed by atoms with van der Waals surface area (Å²) in [6.07, 6.45) is 0. The van der Waals surface area contributed by atoms with Crippen molar-refractivity contribution in [1.29, 1.82) is 0 Å². The molecule has 0 aliphatic rings. The second kappa shape index (κ2) is 8.39. The molecule has 0 saturated carbocycles. The first-order chi connectivity index (χ1) is 15.0. The number of esters is 1. The summed E-state index contributed by atoms with van der Waals surface area (Å²) in [6.45, 7) is 3.98. The second-order valence-electron chi connectivity index (χ2n) is 6.76. The molecule has 0 bridgehead atoms. The molecule has 0 spiro atoms. The average Bonchev–Trinajstić information content (AvgIpc) is 3.03. The molecule has 0 aliphatic carbocycles. The Bertz CT molecular complexity index is 1370. The Hall–Kier alpha value is -4.01. The minimum atomic E-state index is -0.474. The maximum atomic E-state index is 12.8. The van der Waals surface area contributed by atoms with Crippen molar-refractivity contribution in [3.05, 3.63) is 58.9 Å². The number of aromatic hydroxyl groups is 1. The van der Waals surface area contributed by atoms with Gasteiger partial charge in [0.1, 0.15) is 6.54 Å². The zero-order chi connectivity index (χ0) is 22.0. The van der Waals surface area contributed by atoms with Crippen LogP contribution in [0.5, 0.6) is 5.88 Å². The Kier molecular flexibility index (Phi) is 5.48. The van der Waals surface area contributed by atoms with E-state index in [1.807, 2.05) is 6.92 Å². The van der Waals surface area contributed by atoms with Gasteiger partial charge in [0.25, 0.3) is 11.5 Å². The molecular formula is C22H21N5O4. The van der Waals surface area contributed by atoms with Crippen LogP contribution < -0.4 is 5.56 Å². The van der Waals surface area contributed by atoms with Gasteiger partial charge in [0.05, 0.1) is 23.0 Å². The van der Waals surface area contributed by atoms with E-state index in [2.05, 4.69) is 15.2 Å². The molecule has 31 heavy (non-hydrogen) atoms. The fourth-order valence-corrected chi connectivity index (χ4v) is 3.48. The van der Waals surface area contributed by atoms with Crippen LogP contribution in [-0.2, 0) is 22.6 Å². The van der Waals surface area contributed by atoms with Gasteiger partial charge in [-0.3, -0.25) is 18.7 Å². The third-order valence-corrected chi connectivity index (χ3v) is 4.91.